The highest BCUT2D eigenvalue weighted by molar-refractivity contribution is 5.89. The lowest BCUT2D eigenvalue weighted by atomic mass is 9.96. The number of urea groups is 1. The molecule has 5 nitrogen and oxygen atoms in total. The molecule has 0 aliphatic heterocycles. The van der Waals surface area contributed by atoms with Gasteiger partial charge in [-0.3, -0.25) is 0 Å². The van der Waals surface area contributed by atoms with E-state index in [2.05, 4.69) is 74.7 Å². The van der Waals surface area contributed by atoms with Crippen molar-refractivity contribution in [1.82, 2.24) is 15.1 Å². The van der Waals surface area contributed by atoms with E-state index >= 15 is 0 Å². The Kier molecular flexibility index (Phi) is 5.94. The lowest BCUT2D eigenvalue weighted by molar-refractivity contribution is 0.250. The number of amides is 2. The van der Waals surface area contributed by atoms with E-state index < -0.39 is 0 Å². The Morgan fingerprint density at radius 1 is 1.03 bits per heavy atom. The summed E-state index contributed by atoms with van der Waals surface area (Å²) in [5.41, 5.74) is 6.63. The molecular weight excluding hydrogens is 384 g/mol. The van der Waals surface area contributed by atoms with E-state index in [1.165, 1.54) is 11.1 Å². The smallest absolute Gasteiger partial charge is 0.319 e. The third-order valence-electron chi connectivity index (χ3n) is 5.95. The first-order valence-corrected chi connectivity index (χ1v) is 10.9. The minimum Gasteiger partial charge on any atom is -0.332 e. The van der Waals surface area contributed by atoms with Crippen LogP contribution in [0.25, 0.3) is 5.69 Å². The number of para-hydroxylation sites is 1. The summed E-state index contributed by atoms with van der Waals surface area (Å²) in [7, 11) is 0. The van der Waals surface area contributed by atoms with E-state index in [0.717, 1.165) is 29.2 Å². The summed E-state index contributed by atoms with van der Waals surface area (Å²) in [5.74, 6) is 0.753. The highest BCUT2D eigenvalue weighted by Gasteiger charge is 2.27. The summed E-state index contributed by atoms with van der Waals surface area (Å²) < 4.78 is 2.03. The molecular formula is C26H30N4O. The van der Waals surface area contributed by atoms with Crippen LogP contribution >= 0.6 is 0 Å². The molecule has 2 atom stereocenters. The predicted molar refractivity (Wildman–Crippen MR) is 126 cm³/mol. The molecule has 0 saturated heterocycles. The first kappa shape index (κ1) is 20.9. The SMILES string of the molecule is Cc1nn(-c2ccc(C(C)C)cc2)c(C)c1C1C=CC(NC(=O)Nc2ccccc2)C1. The fourth-order valence-electron chi connectivity index (χ4n) is 4.32. The number of allylic oxidation sites excluding steroid dienone is 1. The minimum absolute atomic E-state index is 0.00110. The quantitative estimate of drug-likeness (QED) is 0.515. The van der Waals surface area contributed by atoms with E-state index in [0.29, 0.717) is 5.92 Å². The van der Waals surface area contributed by atoms with E-state index in [4.69, 9.17) is 5.10 Å². The number of hydrogen-bond donors (Lipinski definition) is 2. The van der Waals surface area contributed by atoms with Crippen molar-refractivity contribution in [2.75, 3.05) is 5.32 Å². The van der Waals surface area contributed by atoms with E-state index in [1.807, 2.05) is 35.0 Å². The van der Waals surface area contributed by atoms with Crippen LogP contribution in [0.15, 0.2) is 66.7 Å². The largest absolute Gasteiger partial charge is 0.332 e. The molecule has 0 saturated carbocycles. The fourth-order valence-corrected chi connectivity index (χ4v) is 4.32. The lowest BCUT2D eigenvalue weighted by Gasteiger charge is -2.15. The third-order valence-corrected chi connectivity index (χ3v) is 5.95. The average molecular weight is 415 g/mol. The van der Waals surface area contributed by atoms with Crippen LogP contribution in [0, 0.1) is 13.8 Å². The monoisotopic (exact) mass is 414 g/mol. The Morgan fingerprint density at radius 3 is 2.42 bits per heavy atom. The van der Waals surface area contributed by atoms with Crippen molar-refractivity contribution in [3.8, 4) is 5.69 Å². The van der Waals surface area contributed by atoms with E-state index in [9.17, 15) is 4.79 Å². The van der Waals surface area contributed by atoms with Crippen molar-refractivity contribution in [2.45, 2.75) is 52.0 Å². The molecule has 0 radical (unpaired) electrons. The second-order valence-electron chi connectivity index (χ2n) is 8.54. The van der Waals surface area contributed by atoms with Gasteiger partial charge in [-0.1, -0.05) is 56.3 Å². The van der Waals surface area contributed by atoms with Gasteiger partial charge in [0.15, 0.2) is 0 Å². The summed E-state index contributed by atoms with van der Waals surface area (Å²) in [4.78, 5) is 12.3. The zero-order valence-electron chi connectivity index (χ0n) is 18.6. The number of carbonyl (C=O) groups excluding carboxylic acids is 1. The van der Waals surface area contributed by atoms with Crippen LogP contribution in [0.5, 0.6) is 0 Å². The van der Waals surface area contributed by atoms with Gasteiger partial charge in [-0.15, -0.1) is 0 Å². The van der Waals surface area contributed by atoms with Gasteiger partial charge in [-0.05, 0) is 56.0 Å². The van der Waals surface area contributed by atoms with Crippen LogP contribution < -0.4 is 10.6 Å². The normalized spacial score (nSPS) is 17.8. The van der Waals surface area contributed by atoms with Gasteiger partial charge >= 0.3 is 6.03 Å². The van der Waals surface area contributed by atoms with Crippen molar-refractivity contribution in [2.24, 2.45) is 0 Å². The maximum Gasteiger partial charge on any atom is 0.319 e. The first-order valence-electron chi connectivity index (χ1n) is 10.9. The molecule has 31 heavy (non-hydrogen) atoms. The minimum atomic E-state index is -0.184. The average Bonchev–Trinajstić information content (AvgIpc) is 3.32. The van der Waals surface area contributed by atoms with Crippen LogP contribution in [0.2, 0.25) is 0 Å². The molecule has 0 bridgehead atoms. The Labute approximate surface area is 184 Å². The topological polar surface area (TPSA) is 59.0 Å². The molecule has 3 aromatic rings. The van der Waals surface area contributed by atoms with Gasteiger partial charge in [0.25, 0.3) is 0 Å². The molecule has 5 heteroatoms. The second-order valence-corrected chi connectivity index (χ2v) is 8.54. The second kappa shape index (κ2) is 8.80. The number of aryl methyl sites for hydroxylation is 1. The highest BCUT2D eigenvalue weighted by atomic mass is 16.2. The zero-order chi connectivity index (χ0) is 22.0. The van der Waals surface area contributed by atoms with Crippen LogP contribution in [-0.2, 0) is 0 Å². The van der Waals surface area contributed by atoms with Gasteiger partial charge in [-0.25, -0.2) is 9.48 Å². The molecule has 0 fully saturated rings. The molecule has 1 heterocycles. The van der Waals surface area contributed by atoms with Crippen molar-refractivity contribution < 1.29 is 4.79 Å². The Morgan fingerprint density at radius 2 is 1.74 bits per heavy atom. The summed E-state index contributed by atoms with van der Waals surface area (Å²) in [6.07, 6.45) is 5.11. The number of rotatable bonds is 5. The van der Waals surface area contributed by atoms with Crippen molar-refractivity contribution in [3.05, 3.63) is 89.3 Å². The molecule has 4 rings (SSSR count). The Balaban J connectivity index is 1.45. The number of carbonyl (C=O) groups is 1. The number of aromatic nitrogens is 2. The highest BCUT2D eigenvalue weighted by Crippen LogP contribution is 2.34. The number of nitrogens with one attached hydrogen (secondary N) is 2. The number of anilines is 1. The molecule has 1 aliphatic rings. The van der Waals surface area contributed by atoms with Crippen LogP contribution in [0.4, 0.5) is 10.5 Å². The summed E-state index contributed by atoms with van der Waals surface area (Å²) in [6.45, 7) is 8.60. The van der Waals surface area contributed by atoms with Crippen LogP contribution in [-0.4, -0.2) is 21.9 Å². The summed E-state index contributed by atoms with van der Waals surface area (Å²) >= 11 is 0. The zero-order valence-corrected chi connectivity index (χ0v) is 18.6. The summed E-state index contributed by atoms with van der Waals surface area (Å²) in [5, 5.41) is 10.8. The van der Waals surface area contributed by atoms with Crippen LogP contribution in [0.3, 0.4) is 0 Å². The van der Waals surface area contributed by atoms with Gasteiger partial charge in [-0.2, -0.15) is 5.10 Å². The van der Waals surface area contributed by atoms with Crippen molar-refractivity contribution in [1.29, 1.82) is 0 Å². The maximum atomic E-state index is 12.3. The molecule has 2 N–H and O–H groups in total. The van der Waals surface area contributed by atoms with E-state index in [1.54, 1.807) is 0 Å². The van der Waals surface area contributed by atoms with Gasteiger partial charge in [0.2, 0.25) is 0 Å². The van der Waals surface area contributed by atoms with Gasteiger partial charge < -0.3 is 10.6 Å². The first-order chi connectivity index (χ1) is 14.9. The number of benzene rings is 2. The van der Waals surface area contributed by atoms with E-state index in [-0.39, 0.29) is 18.0 Å². The standard InChI is InChI=1S/C26H30N4O/c1-17(2)20-11-14-24(15-12-20)30-19(4)25(18(3)29-30)21-10-13-23(16-21)28-26(31)27-22-8-6-5-7-9-22/h5-15,17,21,23H,16H2,1-4H3,(H2,27,28,31). The van der Waals surface area contributed by atoms with Gasteiger partial charge in [0.05, 0.1) is 11.4 Å². The lowest BCUT2D eigenvalue weighted by Crippen LogP contribution is -2.36. The van der Waals surface area contributed by atoms with Gasteiger partial charge in [0.1, 0.15) is 0 Å². The van der Waals surface area contributed by atoms with Gasteiger partial charge in [0, 0.05) is 28.9 Å². The third kappa shape index (κ3) is 4.55. The van der Waals surface area contributed by atoms with Crippen molar-refractivity contribution in [3.63, 3.8) is 0 Å². The predicted octanol–water partition coefficient (Wildman–Crippen LogP) is 5.85. The molecule has 2 amide bonds. The molecule has 160 valence electrons. The Bertz CT molecular complexity index is 1080. The molecule has 2 aromatic carbocycles. The molecule has 1 aromatic heterocycles. The van der Waals surface area contributed by atoms with Crippen LogP contribution in [0.1, 0.15) is 54.6 Å². The maximum absolute atomic E-state index is 12.3. The molecule has 2 unspecified atom stereocenters. The number of nitrogens with zero attached hydrogens (tertiary/aromatic N) is 2. The fraction of sp³-hybridized carbons (Fsp3) is 0.308. The molecule has 1 aliphatic carbocycles. The number of hydrogen-bond acceptors (Lipinski definition) is 2. The Hall–Kier alpha value is -3.34. The summed E-state index contributed by atoms with van der Waals surface area (Å²) in [6, 6.07) is 17.9. The van der Waals surface area contributed by atoms with Crippen molar-refractivity contribution >= 4 is 11.7 Å². The molecule has 0 spiro atoms.